The zero-order chi connectivity index (χ0) is 15.2. The fourth-order valence-electron chi connectivity index (χ4n) is 2.98. The fourth-order valence-corrected chi connectivity index (χ4v) is 2.98. The molecule has 1 saturated heterocycles. The van der Waals surface area contributed by atoms with Crippen molar-refractivity contribution in [1.82, 2.24) is 4.90 Å². The molecule has 1 aliphatic rings. The van der Waals surface area contributed by atoms with Crippen molar-refractivity contribution < 1.29 is 4.92 Å². The minimum absolute atomic E-state index is 0.197. The number of aryl methyl sites for hydroxylation is 1. The molecule has 0 bridgehead atoms. The molecule has 1 aromatic rings. The van der Waals surface area contributed by atoms with Crippen LogP contribution in [-0.4, -0.2) is 36.0 Å². The highest BCUT2D eigenvalue weighted by Crippen LogP contribution is 2.28. The maximum atomic E-state index is 11.2. The van der Waals surface area contributed by atoms with Crippen LogP contribution in [0.5, 0.6) is 0 Å². The van der Waals surface area contributed by atoms with Gasteiger partial charge in [-0.3, -0.25) is 10.1 Å². The first-order valence-electron chi connectivity index (χ1n) is 7.78. The van der Waals surface area contributed by atoms with Crippen LogP contribution in [0.25, 0.3) is 0 Å². The van der Waals surface area contributed by atoms with Gasteiger partial charge in [0.2, 0.25) is 0 Å². The molecule has 1 N–H and O–H groups in total. The molecule has 1 aromatic carbocycles. The average molecular weight is 291 g/mol. The SMILES string of the molecule is Cc1cccc(NCC(C)CN2CCCCC2)c1[N+](=O)[O-]. The standard InChI is InChI=1S/C16H25N3O2/c1-13(12-18-9-4-3-5-10-18)11-17-15-8-6-7-14(2)16(15)19(20)21/h6-8,13,17H,3-5,9-12H2,1-2H3. The molecule has 0 aliphatic carbocycles. The fraction of sp³-hybridized carbons (Fsp3) is 0.625. The number of nitrogens with zero attached hydrogens (tertiary/aromatic N) is 2. The average Bonchev–Trinajstić information content (AvgIpc) is 2.45. The van der Waals surface area contributed by atoms with Gasteiger partial charge in [0, 0.05) is 18.7 Å². The molecule has 2 rings (SSSR count). The molecular formula is C16H25N3O2. The number of para-hydroxylation sites is 1. The minimum Gasteiger partial charge on any atom is -0.379 e. The van der Waals surface area contributed by atoms with Gasteiger partial charge in [-0.2, -0.15) is 0 Å². The highest BCUT2D eigenvalue weighted by molar-refractivity contribution is 5.64. The molecule has 1 unspecified atom stereocenters. The molecule has 116 valence electrons. The van der Waals surface area contributed by atoms with Crippen LogP contribution in [0.1, 0.15) is 31.7 Å². The molecule has 1 fully saturated rings. The Morgan fingerprint density at radius 3 is 2.71 bits per heavy atom. The highest BCUT2D eigenvalue weighted by atomic mass is 16.6. The largest absolute Gasteiger partial charge is 0.379 e. The Labute approximate surface area is 126 Å². The second-order valence-corrected chi connectivity index (χ2v) is 6.08. The third-order valence-electron chi connectivity index (χ3n) is 4.08. The van der Waals surface area contributed by atoms with E-state index in [0.29, 0.717) is 17.2 Å². The van der Waals surface area contributed by atoms with Crippen LogP contribution >= 0.6 is 0 Å². The smallest absolute Gasteiger partial charge is 0.295 e. The zero-order valence-electron chi connectivity index (χ0n) is 13.0. The molecule has 1 atom stereocenters. The van der Waals surface area contributed by atoms with Gasteiger partial charge in [0.1, 0.15) is 5.69 Å². The first kappa shape index (κ1) is 15.8. The normalized spacial score (nSPS) is 17.4. The van der Waals surface area contributed by atoms with Crippen LogP contribution in [-0.2, 0) is 0 Å². The molecule has 0 radical (unpaired) electrons. The van der Waals surface area contributed by atoms with E-state index in [-0.39, 0.29) is 10.6 Å². The second kappa shape index (κ2) is 7.41. The van der Waals surface area contributed by atoms with Gasteiger partial charge in [0.25, 0.3) is 5.69 Å². The molecule has 5 nitrogen and oxygen atoms in total. The minimum atomic E-state index is -0.299. The lowest BCUT2D eigenvalue weighted by Crippen LogP contribution is -2.35. The van der Waals surface area contributed by atoms with Crippen molar-refractivity contribution in [3.63, 3.8) is 0 Å². The molecule has 5 heteroatoms. The van der Waals surface area contributed by atoms with Gasteiger partial charge < -0.3 is 10.2 Å². The molecule has 0 amide bonds. The number of anilines is 1. The molecule has 0 saturated carbocycles. The number of likely N-dealkylation sites (tertiary alicyclic amines) is 1. The lowest BCUT2D eigenvalue weighted by molar-refractivity contribution is -0.384. The summed E-state index contributed by atoms with van der Waals surface area (Å²) in [5.74, 6) is 0.475. The number of rotatable bonds is 6. The molecular weight excluding hydrogens is 266 g/mol. The number of hydrogen-bond acceptors (Lipinski definition) is 4. The summed E-state index contributed by atoms with van der Waals surface area (Å²) in [7, 11) is 0. The maximum Gasteiger partial charge on any atom is 0.295 e. The summed E-state index contributed by atoms with van der Waals surface area (Å²) < 4.78 is 0. The summed E-state index contributed by atoms with van der Waals surface area (Å²) in [5.41, 5.74) is 1.53. The summed E-state index contributed by atoms with van der Waals surface area (Å²) in [6.07, 6.45) is 3.94. The Bertz CT molecular complexity index is 484. The van der Waals surface area contributed by atoms with Crippen LogP contribution in [0.3, 0.4) is 0 Å². The number of nitro benzene ring substituents is 1. The monoisotopic (exact) mass is 291 g/mol. The molecule has 21 heavy (non-hydrogen) atoms. The van der Waals surface area contributed by atoms with Crippen molar-refractivity contribution in [1.29, 1.82) is 0 Å². The topological polar surface area (TPSA) is 58.4 Å². The van der Waals surface area contributed by atoms with Crippen LogP contribution in [0.4, 0.5) is 11.4 Å². The van der Waals surface area contributed by atoms with E-state index in [1.807, 2.05) is 6.07 Å². The van der Waals surface area contributed by atoms with Crippen molar-refractivity contribution in [3.8, 4) is 0 Å². The predicted octanol–water partition coefficient (Wildman–Crippen LogP) is 3.44. The highest BCUT2D eigenvalue weighted by Gasteiger charge is 2.18. The molecule has 0 spiro atoms. The third kappa shape index (κ3) is 4.43. The van der Waals surface area contributed by atoms with Crippen LogP contribution in [0.15, 0.2) is 18.2 Å². The Morgan fingerprint density at radius 2 is 2.05 bits per heavy atom. The maximum absolute atomic E-state index is 11.2. The second-order valence-electron chi connectivity index (χ2n) is 6.08. The van der Waals surface area contributed by atoms with E-state index >= 15 is 0 Å². The van der Waals surface area contributed by atoms with Crippen molar-refractivity contribution in [2.45, 2.75) is 33.1 Å². The van der Waals surface area contributed by atoms with E-state index in [1.165, 1.54) is 32.4 Å². The van der Waals surface area contributed by atoms with Crippen molar-refractivity contribution in [2.75, 3.05) is 31.5 Å². The van der Waals surface area contributed by atoms with Crippen molar-refractivity contribution in [2.24, 2.45) is 5.92 Å². The van der Waals surface area contributed by atoms with Gasteiger partial charge in [-0.05, 0) is 44.8 Å². The number of benzene rings is 1. The molecule has 1 aliphatic heterocycles. The number of nitrogens with one attached hydrogen (secondary N) is 1. The van der Waals surface area contributed by atoms with Crippen molar-refractivity contribution in [3.05, 3.63) is 33.9 Å². The van der Waals surface area contributed by atoms with Crippen molar-refractivity contribution >= 4 is 11.4 Å². The summed E-state index contributed by atoms with van der Waals surface area (Å²) in [5, 5.41) is 14.4. The van der Waals surface area contributed by atoms with Gasteiger partial charge >= 0.3 is 0 Å². The van der Waals surface area contributed by atoms with E-state index in [1.54, 1.807) is 19.1 Å². The quantitative estimate of drug-likeness (QED) is 0.644. The van der Waals surface area contributed by atoms with E-state index in [2.05, 4.69) is 17.1 Å². The van der Waals surface area contributed by atoms with Gasteiger partial charge in [0.15, 0.2) is 0 Å². The van der Waals surface area contributed by atoms with Gasteiger partial charge in [0.05, 0.1) is 4.92 Å². The Balaban J connectivity index is 1.90. The number of hydrogen-bond donors (Lipinski definition) is 1. The summed E-state index contributed by atoms with van der Waals surface area (Å²) >= 11 is 0. The Kier molecular flexibility index (Phi) is 5.56. The zero-order valence-corrected chi connectivity index (χ0v) is 13.0. The van der Waals surface area contributed by atoms with Gasteiger partial charge in [-0.15, -0.1) is 0 Å². The summed E-state index contributed by atoms with van der Waals surface area (Å²) in [4.78, 5) is 13.4. The predicted molar refractivity (Wildman–Crippen MR) is 85.8 cm³/mol. The molecule has 0 aromatic heterocycles. The number of piperidine rings is 1. The van der Waals surface area contributed by atoms with E-state index in [0.717, 1.165) is 13.1 Å². The lowest BCUT2D eigenvalue weighted by atomic mass is 10.1. The van der Waals surface area contributed by atoms with Gasteiger partial charge in [-0.1, -0.05) is 25.5 Å². The molecule has 1 heterocycles. The van der Waals surface area contributed by atoms with E-state index in [4.69, 9.17) is 0 Å². The number of nitro groups is 1. The van der Waals surface area contributed by atoms with E-state index in [9.17, 15) is 10.1 Å². The Hall–Kier alpha value is -1.62. The Morgan fingerprint density at radius 1 is 1.33 bits per heavy atom. The first-order chi connectivity index (χ1) is 10.1. The summed E-state index contributed by atoms with van der Waals surface area (Å²) in [6.45, 7) is 8.18. The van der Waals surface area contributed by atoms with E-state index < -0.39 is 0 Å². The van der Waals surface area contributed by atoms with Crippen LogP contribution in [0, 0.1) is 23.0 Å². The lowest BCUT2D eigenvalue weighted by Gasteiger charge is -2.29. The van der Waals surface area contributed by atoms with Crippen LogP contribution < -0.4 is 5.32 Å². The van der Waals surface area contributed by atoms with Gasteiger partial charge in [-0.25, -0.2) is 0 Å². The van der Waals surface area contributed by atoms with Crippen LogP contribution in [0.2, 0.25) is 0 Å². The third-order valence-corrected chi connectivity index (χ3v) is 4.08. The summed E-state index contributed by atoms with van der Waals surface area (Å²) in [6, 6.07) is 5.43. The first-order valence-corrected chi connectivity index (χ1v) is 7.78.